The van der Waals surface area contributed by atoms with Crippen molar-refractivity contribution in [2.45, 2.75) is 55.6 Å². The Balaban J connectivity index is 2.01. The third kappa shape index (κ3) is 2.39. The fourth-order valence-corrected chi connectivity index (χ4v) is 6.00. The Morgan fingerprint density at radius 3 is 2.61 bits per heavy atom. The Bertz CT molecular complexity index is 714. The minimum Gasteiger partial charge on any atom is -0.339 e. The summed E-state index contributed by atoms with van der Waals surface area (Å²) in [5.74, 6) is 0.112. The number of nitrogens with zero attached hydrogens (tertiary/aromatic N) is 4. The lowest BCUT2D eigenvalue weighted by molar-refractivity contribution is -0.131. The van der Waals surface area contributed by atoms with E-state index in [0.29, 0.717) is 19.4 Å². The molecule has 128 valence electrons. The molecule has 2 aliphatic rings. The lowest BCUT2D eigenvalue weighted by Gasteiger charge is -2.50. The number of hydrogen-bond acceptors (Lipinski definition) is 4. The molecule has 7 nitrogen and oxygen atoms in total. The van der Waals surface area contributed by atoms with Crippen molar-refractivity contribution in [2.75, 3.05) is 13.6 Å². The van der Waals surface area contributed by atoms with Crippen molar-refractivity contribution < 1.29 is 13.2 Å². The van der Waals surface area contributed by atoms with Crippen LogP contribution in [0.5, 0.6) is 0 Å². The second-order valence-corrected chi connectivity index (χ2v) is 8.41. The van der Waals surface area contributed by atoms with Gasteiger partial charge in [0.1, 0.15) is 0 Å². The van der Waals surface area contributed by atoms with Crippen molar-refractivity contribution in [3.63, 3.8) is 0 Å². The molecule has 3 heterocycles. The Morgan fingerprint density at radius 2 is 2.09 bits per heavy atom. The first-order valence-corrected chi connectivity index (χ1v) is 9.53. The van der Waals surface area contributed by atoms with E-state index in [0.717, 1.165) is 19.3 Å². The van der Waals surface area contributed by atoms with Crippen molar-refractivity contribution in [3.8, 4) is 0 Å². The normalized spacial score (nSPS) is 29.6. The highest BCUT2D eigenvalue weighted by Crippen LogP contribution is 2.43. The first kappa shape index (κ1) is 16.4. The van der Waals surface area contributed by atoms with Crippen molar-refractivity contribution in [1.82, 2.24) is 18.8 Å². The molecule has 1 amide bonds. The van der Waals surface area contributed by atoms with E-state index in [1.165, 1.54) is 12.5 Å². The van der Waals surface area contributed by atoms with Crippen molar-refractivity contribution in [3.05, 3.63) is 12.5 Å². The van der Waals surface area contributed by atoms with Gasteiger partial charge in [-0.25, -0.2) is 13.4 Å². The van der Waals surface area contributed by atoms with Crippen LogP contribution in [0.1, 0.15) is 39.0 Å². The highest BCUT2D eigenvalue weighted by Gasteiger charge is 2.54. The molecule has 0 aromatic carbocycles. The zero-order valence-electron chi connectivity index (χ0n) is 13.9. The van der Waals surface area contributed by atoms with Gasteiger partial charge in [0.05, 0.1) is 11.9 Å². The number of imidazole rings is 1. The molecule has 8 heteroatoms. The molecule has 0 unspecified atom stereocenters. The predicted molar refractivity (Wildman–Crippen MR) is 85.1 cm³/mol. The maximum Gasteiger partial charge on any atom is 0.262 e. The van der Waals surface area contributed by atoms with Crippen molar-refractivity contribution in [2.24, 2.45) is 7.05 Å². The SMILES string of the molecule is CC[C@@H]1N(S(=O)(=O)c2cn(C)cn2)CCC[C@@]12CCC(=O)N2C. The number of amides is 1. The van der Waals surface area contributed by atoms with E-state index >= 15 is 0 Å². The standard InChI is InChI=1S/C15H24N4O3S/c1-4-12-15(8-6-14(20)18(15)3)7-5-9-19(12)23(21,22)13-10-17(2)11-16-13/h10-12H,4-9H2,1-3H3/t12-,15+/m0/s1. The molecule has 3 rings (SSSR count). The first-order chi connectivity index (χ1) is 10.8. The van der Waals surface area contributed by atoms with Crippen LogP contribution in [0.15, 0.2) is 17.6 Å². The zero-order chi connectivity index (χ0) is 16.8. The van der Waals surface area contributed by atoms with E-state index in [-0.39, 0.29) is 22.5 Å². The fraction of sp³-hybridized carbons (Fsp3) is 0.733. The summed E-state index contributed by atoms with van der Waals surface area (Å²) >= 11 is 0. The molecule has 1 aromatic heterocycles. The van der Waals surface area contributed by atoms with E-state index in [4.69, 9.17) is 0 Å². The Kier molecular flexibility index (Phi) is 4.00. The van der Waals surface area contributed by atoms with Crippen LogP contribution in [0.4, 0.5) is 0 Å². The number of carbonyl (C=O) groups excluding carboxylic acids is 1. The maximum absolute atomic E-state index is 13.0. The van der Waals surface area contributed by atoms with Gasteiger partial charge in [-0.05, 0) is 25.7 Å². The van der Waals surface area contributed by atoms with Gasteiger partial charge in [0, 0.05) is 39.3 Å². The highest BCUT2D eigenvalue weighted by atomic mass is 32.2. The minimum atomic E-state index is -3.64. The zero-order valence-corrected chi connectivity index (χ0v) is 14.7. The Labute approximate surface area is 137 Å². The van der Waals surface area contributed by atoms with Gasteiger partial charge in [0.15, 0.2) is 5.03 Å². The van der Waals surface area contributed by atoms with E-state index in [2.05, 4.69) is 4.98 Å². The van der Waals surface area contributed by atoms with Crippen LogP contribution in [0.3, 0.4) is 0 Å². The molecule has 2 aliphatic heterocycles. The molecule has 2 saturated heterocycles. The van der Waals surface area contributed by atoms with Crippen LogP contribution in [0, 0.1) is 0 Å². The number of hydrogen-bond donors (Lipinski definition) is 0. The number of likely N-dealkylation sites (tertiary alicyclic amines) is 1. The largest absolute Gasteiger partial charge is 0.339 e. The molecule has 2 fully saturated rings. The average Bonchev–Trinajstić information content (AvgIpc) is 3.08. The van der Waals surface area contributed by atoms with Crippen LogP contribution < -0.4 is 0 Å². The van der Waals surface area contributed by atoms with Crippen LogP contribution >= 0.6 is 0 Å². The molecule has 0 bridgehead atoms. The number of sulfonamides is 1. The number of piperidine rings is 1. The summed E-state index contributed by atoms with van der Waals surface area (Å²) in [6.45, 7) is 2.48. The molecule has 23 heavy (non-hydrogen) atoms. The highest BCUT2D eigenvalue weighted by molar-refractivity contribution is 7.89. The number of likely N-dealkylation sites (N-methyl/N-ethyl adjacent to an activating group) is 1. The number of carbonyl (C=O) groups is 1. The molecular formula is C15H24N4O3S. The number of aryl methyl sites for hydroxylation is 1. The van der Waals surface area contributed by atoms with Crippen molar-refractivity contribution in [1.29, 1.82) is 0 Å². The maximum atomic E-state index is 13.0. The summed E-state index contributed by atoms with van der Waals surface area (Å²) in [6.07, 6.45) is 6.58. The van der Waals surface area contributed by atoms with E-state index in [9.17, 15) is 13.2 Å². The molecule has 0 radical (unpaired) electrons. The Hall–Kier alpha value is -1.41. The smallest absolute Gasteiger partial charge is 0.262 e. The molecule has 0 aliphatic carbocycles. The van der Waals surface area contributed by atoms with Gasteiger partial charge in [-0.1, -0.05) is 6.92 Å². The Morgan fingerprint density at radius 1 is 1.35 bits per heavy atom. The molecule has 2 atom stereocenters. The number of rotatable bonds is 3. The number of aromatic nitrogens is 2. The van der Waals surface area contributed by atoms with Gasteiger partial charge in [-0.15, -0.1) is 0 Å². The van der Waals surface area contributed by atoms with E-state index < -0.39 is 10.0 Å². The third-order valence-corrected chi connectivity index (χ3v) is 7.20. The predicted octanol–water partition coefficient (Wildman–Crippen LogP) is 0.974. The van der Waals surface area contributed by atoms with Gasteiger partial charge in [0.2, 0.25) is 5.91 Å². The van der Waals surface area contributed by atoms with E-state index in [1.807, 2.05) is 14.0 Å². The summed E-state index contributed by atoms with van der Waals surface area (Å²) in [7, 11) is -0.0746. The van der Waals surface area contributed by atoms with Gasteiger partial charge < -0.3 is 9.47 Å². The molecule has 0 N–H and O–H groups in total. The van der Waals surface area contributed by atoms with Gasteiger partial charge in [-0.2, -0.15) is 4.31 Å². The minimum absolute atomic E-state index is 0.0856. The topological polar surface area (TPSA) is 75.5 Å². The summed E-state index contributed by atoms with van der Waals surface area (Å²) < 4.78 is 29.3. The second-order valence-electron chi connectivity index (χ2n) is 6.58. The summed E-state index contributed by atoms with van der Waals surface area (Å²) in [4.78, 5) is 17.9. The quantitative estimate of drug-likeness (QED) is 0.822. The second kappa shape index (κ2) is 5.59. The van der Waals surface area contributed by atoms with Gasteiger partial charge in [-0.3, -0.25) is 4.79 Å². The van der Waals surface area contributed by atoms with Crippen molar-refractivity contribution >= 4 is 15.9 Å². The van der Waals surface area contributed by atoms with Gasteiger partial charge >= 0.3 is 0 Å². The lowest BCUT2D eigenvalue weighted by atomic mass is 9.79. The summed E-state index contributed by atoms with van der Waals surface area (Å²) in [5, 5.41) is 0.0856. The molecule has 1 aromatic rings. The van der Waals surface area contributed by atoms with Crippen LogP contribution in [0.25, 0.3) is 0 Å². The lowest BCUT2D eigenvalue weighted by Crippen LogP contribution is -2.63. The first-order valence-electron chi connectivity index (χ1n) is 8.09. The third-order valence-electron chi connectivity index (χ3n) is 5.41. The molecule has 0 saturated carbocycles. The average molecular weight is 340 g/mol. The summed E-state index contributed by atoms with van der Waals surface area (Å²) in [6, 6.07) is -0.195. The monoisotopic (exact) mass is 340 g/mol. The van der Waals surface area contributed by atoms with Gasteiger partial charge in [0.25, 0.3) is 10.0 Å². The van der Waals surface area contributed by atoms with Crippen LogP contribution in [-0.2, 0) is 21.9 Å². The van der Waals surface area contributed by atoms with Crippen LogP contribution in [-0.4, -0.2) is 58.3 Å². The molecule has 1 spiro atoms. The van der Waals surface area contributed by atoms with Crippen LogP contribution in [0.2, 0.25) is 0 Å². The van der Waals surface area contributed by atoms with E-state index in [1.54, 1.807) is 20.8 Å². The fourth-order valence-electron chi connectivity index (χ4n) is 4.23. The molecular weight excluding hydrogens is 316 g/mol. The summed E-state index contributed by atoms with van der Waals surface area (Å²) in [5.41, 5.74) is -0.369.